The summed E-state index contributed by atoms with van der Waals surface area (Å²) < 4.78 is 0. The summed E-state index contributed by atoms with van der Waals surface area (Å²) >= 11 is 0. The highest BCUT2D eigenvalue weighted by Gasteiger charge is 2.23. The van der Waals surface area contributed by atoms with Gasteiger partial charge in [-0.05, 0) is 43.1 Å². The first-order valence-corrected chi connectivity index (χ1v) is 5.92. The van der Waals surface area contributed by atoms with Crippen LogP contribution in [-0.4, -0.2) is 23.1 Å². The van der Waals surface area contributed by atoms with Crippen LogP contribution in [0, 0.1) is 5.92 Å². The van der Waals surface area contributed by atoms with Crippen molar-refractivity contribution in [2.75, 3.05) is 13.1 Å². The maximum Gasteiger partial charge on any atom is 0.323 e. The first-order chi connectivity index (χ1) is 8.24. The molecule has 1 aromatic carbocycles. The number of imidazole rings is 1. The van der Waals surface area contributed by atoms with Crippen LogP contribution >= 0.6 is 0 Å². The molecule has 2 heterocycles. The fraction of sp³-hybridized carbons (Fsp3) is 0.417. The van der Waals surface area contributed by atoms with Crippen molar-refractivity contribution in [1.29, 1.82) is 0 Å². The predicted molar refractivity (Wildman–Crippen MR) is 66.8 cm³/mol. The summed E-state index contributed by atoms with van der Waals surface area (Å²) in [7, 11) is 0. The molecule has 0 bridgehead atoms. The largest absolute Gasteiger partial charge is 0.324 e. The average molecular weight is 232 g/mol. The van der Waals surface area contributed by atoms with E-state index in [1.165, 1.54) is 0 Å². The molecule has 17 heavy (non-hydrogen) atoms. The maximum absolute atomic E-state index is 11.2. The number of rotatable bonds is 2. The van der Waals surface area contributed by atoms with Crippen LogP contribution < -0.4 is 16.7 Å². The Hall–Kier alpha value is -1.59. The van der Waals surface area contributed by atoms with Gasteiger partial charge in [-0.15, -0.1) is 0 Å². The van der Waals surface area contributed by atoms with Crippen molar-refractivity contribution in [2.24, 2.45) is 11.7 Å². The van der Waals surface area contributed by atoms with Crippen molar-refractivity contribution in [3.05, 3.63) is 34.2 Å². The normalized spacial score (nSPS) is 22.1. The number of hydrogen-bond acceptors (Lipinski definition) is 3. The molecule has 0 saturated carbocycles. The third kappa shape index (κ3) is 1.87. The predicted octanol–water partition coefficient (Wildman–Crippen LogP) is 0.465. The Balaban J connectivity index is 1.96. The molecule has 0 aliphatic carbocycles. The summed E-state index contributed by atoms with van der Waals surface area (Å²) in [4.78, 5) is 16.7. The van der Waals surface area contributed by atoms with Gasteiger partial charge in [0.15, 0.2) is 0 Å². The minimum Gasteiger partial charge on any atom is -0.324 e. The molecular weight excluding hydrogens is 216 g/mol. The van der Waals surface area contributed by atoms with Gasteiger partial charge < -0.3 is 21.0 Å². The van der Waals surface area contributed by atoms with E-state index < -0.39 is 0 Å². The lowest BCUT2D eigenvalue weighted by molar-refractivity contribution is 0.470. The zero-order valence-corrected chi connectivity index (χ0v) is 9.49. The van der Waals surface area contributed by atoms with Crippen molar-refractivity contribution in [3.8, 4) is 0 Å². The smallest absolute Gasteiger partial charge is 0.323 e. The van der Waals surface area contributed by atoms with E-state index in [9.17, 15) is 4.79 Å². The standard InChI is InChI=1S/C12H16N4O/c13-11(8-3-4-14-6-8)7-1-2-9-10(5-7)16-12(17)15-9/h1-2,5,8,11,14H,3-4,6,13H2,(H2,15,16,17). The van der Waals surface area contributed by atoms with E-state index in [0.717, 1.165) is 36.1 Å². The number of hydrogen-bond donors (Lipinski definition) is 4. The zero-order valence-electron chi connectivity index (χ0n) is 9.49. The second-order valence-corrected chi connectivity index (χ2v) is 4.66. The number of aromatic amines is 2. The molecule has 0 amide bonds. The number of aromatic nitrogens is 2. The second-order valence-electron chi connectivity index (χ2n) is 4.66. The van der Waals surface area contributed by atoms with E-state index in [1.54, 1.807) is 0 Å². The molecule has 0 radical (unpaired) electrons. The fourth-order valence-electron chi connectivity index (χ4n) is 2.51. The first kappa shape index (κ1) is 10.6. The fourth-order valence-corrected chi connectivity index (χ4v) is 2.51. The van der Waals surface area contributed by atoms with E-state index in [1.807, 2.05) is 18.2 Å². The lowest BCUT2D eigenvalue weighted by Gasteiger charge is -2.18. The third-order valence-electron chi connectivity index (χ3n) is 3.53. The first-order valence-electron chi connectivity index (χ1n) is 5.92. The quantitative estimate of drug-likeness (QED) is 0.607. The number of benzene rings is 1. The van der Waals surface area contributed by atoms with Gasteiger partial charge in [0, 0.05) is 6.04 Å². The lowest BCUT2D eigenvalue weighted by atomic mass is 9.93. The highest BCUT2D eigenvalue weighted by Crippen LogP contribution is 2.25. The second kappa shape index (κ2) is 4.01. The van der Waals surface area contributed by atoms with Crippen LogP contribution in [0.15, 0.2) is 23.0 Å². The monoisotopic (exact) mass is 232 g/mol. The van der Waals surface area contributed by atoms with E-state index in [4.69, 9.17) is 5.73 Å². The van der Waals surface area contributed by atoms with Gasteiger partial charge >= 0.3 is 5.69 Å². The summed E-state index contributed by atoms with van der Waals surface area (Å²) in [6, 6.07) is 5.91. The van der Waals surface area contributed by atoms with Gasteiger partial charge in [0.1, 0.15) is 0 Å². The molecule has 0 spiro atoms. The molecule has 1 aliphatic rings. The molecule has 5 N–H and O–H groups in total. The minimum absolute atomic E-state index is 0.0350. The number of nitrogens with two attached hydrogens (primary N) is 1. The Morgan fingerprint density at radius 2 is 2.12 bits per heavy atom. The summed E-state index contributed by atoms with van der Waals surface area (Å²) in [6.07, 6.45) is 1.11. The Kier molecular flexibility index (Phi) is 2.49. The van der Waals surface area contributed by atoms with Crippen LogP contribution in [0.3, 0.4) is 0 Å². The Morgan fingerprint density at radius 1 is 1.29 bits per heavy atom. The molecular formula is C12H16N4O. The number of nitrogens with one attached hydrogen (secondary N) is 3. The van der Waals surface area contributed by atoms with Gasteiger partial charge in [-0.1, -0.05) is 6.07 Å². The maximum atomic E-state index is 11.2. The topological polar surface area (TPSA) is 86.7 Å². The van der Waals surface area contributed by atoms with Gasteiger partial charge in [-0.3, -0.25) is 0 Å². The SMILES string of the molecule is NC(c1ccc2[nH]c(=O)[nH]c2c1)C1CCNC1. The average Bonchev–Trinajstić information content (AvgIpc) is 2.94. The van der Waals surface area contributed by atoms with Crippen molar-refractivity contribution in [1.82, 2.24) is 15.3 Å². The van der Waals surface area contributed by atoms with E-state index >= 15 is 0 Å². The van der Waals surface area contributed by atoms with Crippen LogP contribution in [0.5, 0.6) is 0 Å². The molecule has 90 valence electrons. The molecule has 1 aromatic heterocycles. The lowest BCUT2D eigenvalue weighted by Crippen LogP contribution is -2.23. The van der Waals surface area contributed by atoms with Crippen LogP contribution in [0.1, 0.15) is 18.0 Å². The van der Waals surface area contributed by atoms with Gasteiger partial charge in [0.25, 0.3) is 0 Å². The van der Waals surface area contributed by atoms with Crippen LogP contribution in [0.4, 0.5) is 0 Å². The van der Waals surface area contributed by atoms with Gasteiger partial charge in [0.05, 0.1) is 11.0 Å². The van der Waals surface area contributed by atoms with Gasteiger partial charge in [0.2, 0.25) is 0 Å². The Bertz CT molecular complexity index is 579. The molecule has 1 aliphatic heterocycles. The molecule has 5 nitrogen and oxygen atoms in total. The molecule has 1 fully saturated rings. The highest BCUT2D eigenvalue weighted by molar-refractivity contribution is 5.75. The third-order valence-corrected chi connectivity index (χ3v) is 3.53. The molecule has 5 heteroatoms. The van der Waals surface area contributed by atoms with E-state index in [0.29, 0.717) is 5.92 Å². The van der Waals surface area contributed by atoms with Crippen molar-refractivity contribution >= 4 is 11.0 Å². The Labute approximate surface area is 98.4 Å². The zero-order chi connectivity index (χ0) is 11.8. The van der Waals surface area contributed by atoms with Crippen molar-refractivity contribution in [3.63, 3.8) is 0 Å². The van der Waals surface area contributed by atoms with Crippen molar-refractivity contribution < 1.29 is 0 Å². The summed E-state index contributed by atoms with van der Waals surface area (Å²) in [5.41, 5.74) is 8.82. The van der Waals surface area contributed by atoms with Crippen LogP contribution in [0.25, 0.3) is 11.0 Å². The van der Waals surface area contributed by atoms with Gasteiger partial charge in [-0.25, -0.2) is 4.79 Å². The van der Waals surface area contributed by atoms with Crippen molar-refractivity contribution in [2.45, 2.75) is 12.5 Å². The number of H-pyrrole nitrogens is 2. The molecule has 1 saturated heterocycles. The summed E-state index contributed by atoms with van der Waals surface area (Å²) in [6.45, 7) is 2.02. The molecule has 2 unspecified atom stereocenters. The van der Waals surface area contributed by atoms with E-state index in [2.05, 4.69) is 15.3 Å². The summed E-state index contributed by atoms with van der Waals surface area (Å²) in [5, 5.41) is 3.32. The Morgan fingerprint density at radius 3 is 2.88 bits per heavy atom. The molecule has 2 atom stereocenters. The minimum atomic E-state index is -0.173. The van der Waals surface area contributed by atoms with Crippen LogP contribution in [0.2, 0.25) is 0 Å². The number of fused-ring (bicyclic) bond motifs is 1. The van der Waals surface area contributed by atoms with Crippen LogP contribution in [-0.2, 0) is 0 Å². The van der Waals surface area contributed by atoms with Gasteiger partial charge in [-0.2, -0.15) is 0 Å². The highest BCUT2D eigenvalue weighted by atomic mass is 16.1. The molecule has 2 aromatic rings. The molecule has 3 rings (SSSR count). The summed E-state index contributed by atoms with van der Waals surface area (Å²) in [5.74, 6) is 0.484. The van der Waals surface area contributed by atoms with E-state index in [-0.39, 0.29) is 11.7 Å².